The molecule has 0 N–H and O–H groups in total. The standard InChI is InChI=1S/C17H19BrN2O2S2/c18-17-7-6-16(23-17)14-19-9-11-20(12-10-19)24(21,22)13-8-15-4-2-1-3-5-15/h1-8,13H,9-12,14H2/b13-8+. The maximum Gasteiger partial charge on any atom is 0.236 e. The summed E-state index contributed by atoms with van der Waals surface area (Å²) in [5.41, 5.74) is 0.892. The van der Waals surface area contributed by atoms with E-state index in [0.29, 0.717) is 13.1 Å². The first kappa shape index (κ1) is 17.8. The molecule has 0 amide bonds. The predicted molar refractivity (Wildman–Crippen MR) is 103 cm³/mol. The highest BCUT2D eigenvalue weighted by molar-refractivity contribution is 9.11. The molecule has 2 aromatic rings. The first-order valence-electron chi connectivity index (χ1n) is 7.73. The Morgan fingerprint density at radius 1 is 1.04 bits per heavy atom. The lowest BCUT2D eigenvalue weighted by Gasteiger charge is -2.33. The topological polar surface area (TPSA) is 40.6 Å². The second kappa shape index (κ2) is 7.93. The van der Waals surface area contributed by atoms with Crippen LogP contribution in [0.5, 0.6) is 0 Å². The highest BCUT2D eigenvalue weighted by Gasteiger charge is 2.25. The third-order valence-corrected chi connectivity index (χ3v) is 7.10. The SMILES string of the molecule is O=S(=O)(/C=C/c1ccccc1)N1CCN(Cc2ccc(Br)s2)CC1. The maximum atomic E-state index is 12.4. The Morgan fingerprint density at radius 3 is 2.38 bits per heavy atom. The fraction of sp³-hybridized carbons (Fsp3) is 0.294. The van der Waals surface area contributed by atoms with Crippen molar-refractivity contribution in [3.8, 4) is 0 Å². The third kappa shape index (κ3) is 4.77. The van der Waals surface area contributed by atoms with Gasteiger partial charge in [0.2, 0.25) is 10.0 Å². The summed E-state index contributed by atoms with van der Waals surface area (Å²) >= 11 is 5.20. The quantitative estimate of drug-likeness (QED) is 0.732. The van der Waals surface area contributed by atoms with Gasteiger partial charge in [0.05, 0.1) is 3.79 Å². The zero-order valence-corrected chi connectivity index (χ0v) is 16.4. The van der Waals surface area contributed by atoms with E-state index in [0.717, 1.165) is 29.0 Å². The molecule has 0 saturated carbocycles. The van der Waals surface area contributed by atoms with Gasteiger partial charge in [-0.25, -0.2) is 8.42 Å². The van der Waals surface area contributed by atoms with Crippen molar-refractivity contribution in [3.05, 3.63) is 62.1 Å². The molecule has 0 radical (unpaired) electrons. The van der Waals surface area contributed by atoms with Crippen molar-refractivity contribution in [2.45, 2.75) is 6.54 Å². The molecule has 0 aliphatic carbocycles. The van der Waals surface area contributed by atoms with E-state index in [1.165, 1.54) is 10.3 Å². The number of nitrogens with zero attached hydrogens (tertiary/aromatic N) is 2. The van der Waals surface area contributed by atoms with Gasteiger partial charge in [0.25, 0.3) is 0 Å². The molecule has 0 bridgehead atoms. The summed E-state index contributed by atoms with van der Waals surface area (Å²) in [6.45, 7) is 3.47. The first-order chi connectivity index (χ1) is 11.5. The van der Waals surface area contributed by atoms with Gasteiger partial charge in [0.15, 0.2) is 0 Å². The highest BCUT2D eigenvalue weighted by atomic mass is 79.9. The van der Waals surface area contributed by atoms with Gasteiger partial charge < -0.3 is 0 Å². The monoisotopic (exact) mass is 426 g/mol. The van der Waals surface area contributed by atoms with Gasteiger partial charge in [-0.3, -0.25) is 4.90 Å². The first-order valence-corrected chi connectivity index (χ1v) is 10.8. The minimum atomic E-state index is -3.35. The number of piperazine rings is 1. The Kier molecular flexibility index (Phi) is 5.89. The molecular formula is C17H19BrN2O2S2. The normalized spacial score (nSPS) is 17.5. The van der Waals surface area contributed by atoms with Gasteiger partial charge in [-0.15, -0.1) is 11.3 Å². The number of sulfonamides is 1. The number of rotatable bonds is 5. The Morgan fingerprint density at radius 2 is 1.75 bits per heavy atom. The molecule has 7 heteroatoms. The van der Waals surface area contributed by atoms with Gasteiger partial charge in [-0.2, -0.15) is 4.31 Å². The zero-order chi connectivity index (χ0) is 17.0. The molecule has 128 valence electrons. The van der Waals surface area contributed by atoms with Gasteiger partial charge in [-0.1, -0.05) is 30.3 Å². The van der Waals surface area contributed by atoms with E-state index in [-0.39, 0.29) is 0 Å². The van der Waals surface area contributed by atoms with E-state index in [4.69, 9.17) is 0 Å². The number of benzene rings is 1. The maximum absolute atomic E-state index is 12.4. The van der Waals surface area contributed by atoms with Crippen molar-refractivity contribution in [1.29, 1.82) is 0 Å². The molecule has 1 saturated heterocycles. The summed E-state index contributed by atoms with van der Waals surface area (Å²) in [5, 5.41) is 1.31. The summed E-state index contributed by atoms with van der Waals surface area (Å²) in [7, 11) is -3.35. The van der Waals surface area contributed by atoms with Gasteiger partial charge in [0, 0.05) is 43.0 Å². The number of halogens is 1. The van der Waals surface area contributed by atoms with Crippen LogP contribution in [0.15, 0.2) is 51.7 Å². The van der Waals surface area contributed by atoms with Crippen molar-refractivity contribution in [2.75, 3.05) is 26.2 Å². The van der Waals surface area contributed by atoms with E-state index in [1.54, 1.807) is 21.7 Å². The number of hydrogen-bond acceptors (Lipinski definition) is 4. The van der Waals surface area contributed by atoms with Crippen LogP contribution in [0.2, 0.25) is 0 Å². The molecule has 1 aromatic heterocycles. The molecule has 0 spiro atoms. The highest BCUT2D eigenvalue weighted by Crippen LogP contribution is 2.24. The zero-order valence-electron chi connectivity index (χ0n) is 13.1. The lowest BCUT2D eigenvalue weighted by molar-refractivity contribution is 0.184. The Bertz CT molecular complexity index is 795. The molecule has 2 heterocycles. The van der Waals surface area contributed by atoms with Gasteiger partial charge in [0.1, 0.15) is 0 Å². The molecule has 1 aliphatic rings. The molecule has 3 rings (SSSR count). The molecule has 0 unspecified atom stereocenters. The summed E-state index contributed by atoms with van der Waals surface area (Å²) < 4.78 is 27.6. The van der Waals surface area contributed by atoms with Crippen LogP contribution in [0.3, 0.4) is 0 Å². The van der Waals surface area contributed by atoms with E-state index in [2.05, 4.69) is 33.0 Å². The van der Waals surface area contributed by atoms with E-state index in [1.807, 2.05) is 30.3 Å². The van der Waals surface area contributed by atoms with Crippen LogP contribution >= 0.6 is 27.3 Å². The third-order valence-electron chi connectivity index (χ3n) is 3.93. The van der Waals surface area contributed by atoms with Crippen molar-refractivity contribution >= 4 is 43.4 Å². The predicted octanol–water partition coefficient (Wildman–Crippen LogP) is 3.63. The summed E-state index contributed by atoms with van der Waals surface area (Å²) in [5.74, 6) is 0. The van der Waals surface area contributed by atoms with Crippen LogP contribution in [0.4, 0.5) is 0 Å². The van der Waals surface area contributed by atoms with Crippen molar-refractivity contribution < 1.29 is 8.42 Å². The van der Waals surface area contributed by atoms with Crippen LogP contribution in [-0.2, 0) is 16.6 Å². The molecular weight excluding hydrogens is 408 g/mol. The van der Waals surface area contributed by atoms with Crippen molar-refractivity contribution in [1.82, 2.24) is 9.21 Å². The van der Waals surface area contributed by atoms with Crippen molar-refractivity contribution in [2.24, 2.45) is 0 Å². The molecule has 24 heavy (non-hydrogen) atoms. The average Bonchev–Trinajstić information content (AvgIpc) is 2.99. The molecule has 4 nitrogen and oxygen atoms in total. The number of thiophene rings is 1. The van der Waals surface area contributed by atoms with Crippen LogP contribution in [0.25, 0.3) is 6.08 Å². The molecule has 1 aromatic carbocycles. The largest absolute Gasteiger partial charge is 0.296 e. The Hall–Kier alpha value is -0.990. The average molecular weight is 427 g/mol. The fourth-order valence-corrected chi connectivity index (χ4v) is 5.31. The minimum absolute atomic E-state index is 0.536. The molecule has 1 fully saturated rings. The molecule has 0 atom stereocenters. The lowest BCUT2D eigenvalue weighted by atomic mass is 10.2. The van der Waals surface area contributed by atoms with Crippen molar-refractivity contribution in [3.63, 3.8) is 0 Å². The van der Waals surface area contributed by atoms with E-state index in [9.17, 15) is 8.42 Å². The van der Waals surface area contributed by atoms with Crippen LogP contribution in [0.1, 0.15) is 10.4 Å². The number of hydrogen-bond donors (Lipinski definition) is 0. The van der Waals surface area contributed by atoms with Gasteiger partial charge >= 0.3 is 0 Å². The van der Waals surface area contributed by atoms with Gasteiger partial charge in [-0.05, 0) is 39.7 Å². The minimum Gasteiger partial charge on any atom is -0.296 e. The van der Waals surface area contributed by atoms with Crippen LogP contribution in [0, 0.1) is 0 Å². The summed E-state index contributed by atoms with van der Waals surface area (Å²) in [4.78, 5) is 3.59. The second-order valence-corrected chi connectivity index (χ2v) is 10.0. The Balaban J connectivity index is 1.56. The van der Waals surface area contributed by atoms with Crippen LogP contribution < -0.4 is 0 Å². The van der Waals surface area contributed by atoms with E-state index >= 15 is 0 Å². The summed E-state index contributed by atoms with van der Waals surface area (Å²) in [6, 6.07) is 13.7. The van der Waals surface area contributed by atoms with E-state index < -0.39 is 10.0 Å². The Labute approximate surface area is 155 Å². The second-order valence-electron chi connectivity index (χ2n) is 5.64. The fourth-order valence-electron chi connectivity index (χ4n) is 2.61. The van der Waals surface area contributed by atoms with Crippen LogP contribution in [-0.4, -0.2) is 43.8 Å². The molecule has 1 aliphatic heterocycles. The lowest BCUT2D eigenvalue weighted by Crippen LogP contribution is -2.47. The smallest absolute Gasteiger partial charge is 0.236 e. The summed E-state index contributed by atoms with van der Waals surface area (Å²) in [6.07, 6.45) is 1.66.